The molecule has 138 valence electrons. The van der Waals surface area contributed by atoms with E-state index in [1.54, 1.807) is 0 Å². The third-order valence-corrected chi connectivity index (χ3v) is 6.15. The van der Waals surface area contributed by atoms with Crippen LogP contribution in [0.2, 0.25) is 0 Å². The van der Waals surface area contributed by atoms with Crippen LogP contribution in [0.1, 0.15) is 12.0 Å². The molecule has 1 N–H and O–H groups in total. The third kappa shape index (κ3) is 4.32. The SMILES string of the molecule is C=CCS[C@]1(c2ccc(-c3ccccc3)cc2)CN[C@H](C(=O)OC)C1.Cl. The fourth-order valence-electron chi connectivity index (χ4n) is 3.30. The van der Waals surface area contributed by atoms with Crippen molar-refractivity contribution in [3.05, 3.63) is 72.8 Å². The van der Waals surface area contributed by atoms with Crippen LogP contribution in [-0.4, -0.2) is 31.4 Å². The zero-order valence-corrected chi connectivity index (χ0v) is 16.4. The third-order valence-electron chi connectivity index (χ3n) is 4.65. The lowest BCUT2D eigenvalue weighted by atomic mass is 9.93. The molecule has 5 heteroatoms. The van der Waals surface area contributed by atoms with Crippen molar-refractivity contribution in [3.8, 4) is 11.1 Å². The van der Waals surface area contributed by atoms with Crippen molar-refractivity contribution < 1.29 is 9.53 Å². The van der Waals surface area contributed by atoms with E-state index in [0.717, 1.165) is 18.7 Å². The molecule has 0 bridgehead atoms. The first kappa shape index (κ1) is 20.6. The van der Waals surface area contributed by atoms with Crippen LogP contribution in [0.25, 0.3) is 11.1 Å². The number of hydrogen-bond donors (Lipinski definition) is 1. The van der Waals surface area contributed by atoms with Crippen LogP contribution in [0.4, 0.5) is 0 Å². The van der Waals surface area contributed by atoms with Gasteiger partial charge >= 0.3 is 5.97 Å². The highest BCUT2D eigenvalue weighted by atomic mass is 35.5. The molecule has 1 saturated heterocycles. The lowest BCUT2D eigenvalue weighted by Gasteiger charge is -2.28. The van der Waals surface area contributed by atoms with Gasteiger partial charge in [-0.15, -0.1) is 30.7 Å². The summed E-state index contributed by atoms with van der Waals surface area (Å²) in [5, 5.41) is 3.32. The van der Waals surface area contributed by atoms with Gasteiger partial charge in [0.15, 0.2) is 0 Å². The number of methoxy groups -OCH3 is 1. The number of esters is 1. The molecule has 0 aromatic heterocycles. The lowest BCUT2D eigenvalue weighted by molar-refractivity contribution is -0.142. The molecule has 0 aliphatic carbocycles. The molecule has 3 nitrogen and oxygen atoms in total. The van der Waals surface area contributed by atoms with Gasteiger partial charge < -0.3 is 10.1 Å². The maximum atomic E-state index is 11.9. The topological polar surface area (TPSA) is 38.3 Å². The van der Waals surface area contributed by atoms with Gasteiger partial charge in [0, 0.05) is 12.3 Å². The van der Waals surface area contributed by atoms with Gasteiger partial charge in [0.1, 0.15) is 6.04 Å². The van der Waals surface area contributed by atoms with Crippen molar-refractivity contribution in [1.29, 1.82) is 0 Å². The Morgan fingerprint density at radius 1 is 1.23 bits per heavy atom. The normalized spacial score (nSPS) is 21.7. The van der Waals surface area contributed by atoms with Gasteiger partial charge in [-0.1, -0.05) is 60.7 Å². The zero-order valence-electron chi connectivity index (χ0n) is 14.8. The van der Waals surface area contributed by atoms with Crippen LogP contribution in [0.3, 0.4) is 0 Å². The summed E-state index contributed by atoms with van der Waals surface area (Å²) < 4.78 is 4.78. The van der Waals surface area contributed by atoms with Crippen LogP contribution in [-0.2, 0) is 14.3 Å². The van der Waals surface area contributed by atoms with E-state index < -0.39 is 0 Å². The maximum Gasteiger partial charge on any atom is 0.322 e. The van der Waals surface area contributed by atoms with Crippen molar-refractivity contribution in [2.45, 2.75) is 17.2 Å². The minimum atomic E-state index is -0.254. The number of ether oxygens (including phenoxy) is 1. The number of carbonyl (C=O) groups excluding carboxylic acids is 1. The fraction of sp³-hybridized carbons (Fsp3) is 0.286. The van der Waals surface area contributed by atoms with Crippen LogP contribution in [0.15, 0.2) is 67.3 Å². The number of benzene rings is 2. The van der Waals surface area contributed by atoms with Crippen molar-refractivity contribution in [2.24, 2.45) is 0 Å². The van der Waals surface area contributed by atoms with Crippen LogP contribution in [0, 0.1) is 0 Å². The molecule has 0 saturated carbocycles. The van der Waals surface area contributed by atoms with Crippen LogP contribution < -0.4 is 5.32 Å². The number of halogens is 1. The number of hydrogen-bond acceptors (Lipinski definition) is 4. The summed E-state index contributed by atoms with van der Waals surface area (Å²) in [6, 6.07) is 18.8. The maximum absolute atomic E-state index is 11.9. The number of thioether (sulfide) groups is 1. The molecule has 26 heavy (non-hydrogen) atoms. The van der Waals surface area contributed by atoms with Crippen LogP contribution in [0.5, 0.6) is 0 Å². The first-order valence-electron chi connectivity index (χ1n) is 8.40. The second-order valence-electron chi connectivity index (χ2n) is 6.20. The molecule has 3 rings (SSSR count). The van der Waals surface area contributed by atoms with Gasteiger partial charge in [0.25, 0.3) is 0 Å². The van der Waals surface area contributed by atoms with Crippen LogP contribution >= 0.6 is 24.2 Å². The Morgan fingerprint density at radius 2 is 1.88 bits per heavy atom. The van der Waals surface area contributed by atoms with Crippen molar-refractivity contribution in [1.82, 2.24) is 5.32 Å². The summed E-state index contributed by atoms with van der Waals surface area (Å²) in [5.41, 5.74) is 3.64. The summed E-state index contributed by atoms with van der Waals surface area (Å²) >= 11 is 1.83. The van der Waals surface area contributed by atoms with Gasteiger partial charge in [-0.05, 0) is 23.1 Å². The van der Waals surface area contributed by atoms with Crippen molar-refractivity contribution in [3.63, 3.8) is 0 Å². The summed E-state index contributed by atoms with van der Waals surface area (Å²) in [6.07, 6.45) is 2.64. The summed E-state index contributed by atoms with van der Waals surface area (Å²) in [5.74, 6) is 0.651. The van der Waals surface area contributed by atoms with Crippen molar-refractivity contribution in [2.75, 3.05) is 19.4 Å². The van der Waals surface area contributed by atoms with E-state index in [1.165, 1.54) is 23.8 Å². The largest absolute Gasteiger partial charge is 0.468 e. The van der Waals surface area contributed by atoms with E-state index in [0.29, 0.717) is 0 Å². The lowest BCUT2D eigenvalue weighted by Crippen LogP contribution is -2.31. The second-order valence-corrected chi connectivity index (χ2v) is 7.60. The Bertz CT molecular complexity index is 735. The van der Waals surface area contributed by atoms with E-state index in [2.05, 4.69) is 48.3 Å². The molecule has 2 aromatic rings. The molecule has 1 aliphatic heterocycles. The molecule has 2 aromatic carbocycles. The highest BCUT2D eigenvalue weighted by molar-refractivity contribution is 8.00. The van der Waals surface area contributed by atoms with E-state index in [1.807, 2.05) is 36.0 Å². The number of carbonyl (C=O) groups is 1. The monoisotopic (exact) mass is 389 g/mol. The number of nitrogens with one attached hydrogen (secondary N) is 1. The highest BCUT2D eigenvalue weighted by Gasteiger charge is 2.43. The standard InChI is InChI=1S/C21H23NO2S.ClH/c1-3-13-25-21(14-19(22-15-21)20(23)24-2)18-11-9-17(10-12-18)16-7-5-4-6-8-16;/h3-12,19,22H,1,13-15H2,2H3;1H/t19-,21-;/m0./s1. The van der Waals surface area contributed by atoms with E-state index in [-0.39, 0.29) is 29.2 Å². The Morgan fingerprint density at radius 3 is 2.50 bits per heavy atom. The summed E-state index contributed by atoms with van der Waals surface area (Å²) in [4.78, 5) is 11.9. The van der Waals surface area contributed by atoms with Gasteiger partial charge in [-0.3, -0.25) is 4.79 Å². The molecule has 2 atom stereocenters. The Kier molecular flexibility index (Phi) is 7.33. The smallest absolute Gasteiger partial charge is 0.322 e. The Hall–Kier alpha value is -1.75. The van der Waals surface area contributed by atoms with E-state index in [4.69, 9.17) is 4.74 Å². The molecule has 0 radical (unpaired) electrons. The Balaban J connectivity index is 0.00000243. The van der Waals surface area contributed by atoms with Gasteiger partial charge in [0.2, 0.25) is 0 Å². The second kappa shape index (κ2) is 9.26. The molecule has 1 aliphatic rings. The summed E-state index contributed by atoms with van der Waals surface area (Å²) in [7, 11) is 1.44. The fourth-order valence-corrected chi connectivity index (χ4v) is 4.51. The molecule has 0 spiro atoms. The van der Waals surface area contributed by atoms with Gasteiger partial charge in [-0.25, -0.2) is 0 Å². The quantitative estimate of drug-likeness (QED) is 0.586. The van der Waals surface area contributed by atoms with E-state index in [9.17, 15) is 4.79 Å². The average molecular weight is 390 g/mol. The zero-order chi connectivity index (χ0) is 17.7. The van der Waals surface area contributed by atoms with Gasteiger partial charge in [0.05, 0.1) is 11.9 Å². The summed E-state index contributed by atoms with van der Waals surface area (Å²) in [6.45, 7) is 4.58. The average Bonchev–Trinajstić information content (AvgIpc) is 3.12. The van der Waals surface area contributed by atoms with Crippen molar-refractivity contribution >= 4 is 30.1 Å². The van der Waals surface area contributed by atoms with Gasteiger partial charge in [-0.2, -0.15) is 0 Å². The predicted octanol–water partition coefficient (Wildman–Crippen LogP) is 4.42. The molecular formula is C21H24ClNO2S. The minimum absolute atomic E-state index is 0. The first-order valence-corrected chi connectivity index (χ1v) is 9.39. The Labute approximate surface area is 165 Å². The molecular weight excluding hydrogens is 366 g/mol. The molecule has 0 unspecified atom stereocenters. The highest BCUT2D eigenvalue weighted by Crippen LogP contribution is 2.44. The first-order chi connectivity index (χ1) is 12.2. The molecule has 1 fully saturated rings. The minimum Gasteiger partial charge on any atom is -0.468 e. The van der Waals surface area contributed by atoms with E-state index >= 15 is 0 Å². The molecule has 0 amide bonds. The molecule has 1 heterocycles. The predicted molar refractivity (Wildman–Crippen MR) is 112 cm³/mol. The number of rotatable bonds is 6.